The number of hydrogen-bond acceptors (Lipinski definition) is 4. The van der Waals surface area contributed by atoms with Crippen LogP contribution in [0.25, 0.3) is 0 Å². The second kappa shape index (κ2) is 6.56. The van der Waals surface area contributed by atoms with Crippen LogP contribution in [0.4, 0.5) is 15.9 Å². The van der Waals surface area contributed by atoms with Crippen LogP contribution in [0.15, 0.2) is 24.4 Å². The third kappa shape index (κ3) is 2.99. The molecule has 0 spiro atoms. The number of hydrogen-bond donors (Lipinski definition) is 1. The van der Waals surface area contributed by atoms with Crippen LogP contribution in [0.1, 0.15) is 28.9 Å². The number of halogens is 3. The Balaban J connectivity index is 2.01. The number of carbonyl (C=O) groups excluding carboxylic acids is 1. The Morgan fingerprint density at radius 3 is 3.00 bits per heavy atom. The Morgan fingerprint density at radius 1 is 1.48 bits per heavy atom. The zero-order chi connectivity index (χ0) is 16.6. The minimum absolute atomic E-state index is 0.0883. The van der Waals surface area contributed by atoms with Crippen molar-refractivity contribution in [2.75, 3.05) is 18.5 Å². The molecule has 1 atom stereocenters. The van der Waals surface area contributed by atoms with Gasteiger partial charge in [-0.15, -0.1) is 0 Å². The minimum atomic E-state index is -0.563. The quantitative estimate of drug-likeness (QED) is 0.570. The van der Waals surface area contributed by atoms with Crippen molar-refractivity contribution in [1.29, 1.82) is 0 Å². The molecule has 0 bridgehead atoms. The third-order valence-electron chi connectivity index (χ3n) is 3.78. The molecule has 2 aromatic rings. The van der Waals surface area contributed by atoms with Crippen LogP contribution in [-0.4, -0.2) is 34.0 Å². The number of amides is 1. The van der Waals surface area contributed by atoms with E-state index in [9.17, 15) is 9.18 Å². The summed E-state index contributed by atoms with van der Waals surface area (Å²) in [5.41, 5.74) is 2.07. The van der Waals surface area contributed by atoms with Gasteiger partial charge in [0.2, 0.25) is 5.28 Å². The molecule has 8 heteroatoms. The average molecular weight is 447 g/mol. The van der Waals surface area contributed by atoms with Gasteiger partial charge in [-0.25, -0.2) is 9.37 Å². The molecule has 0 aliphatic carbocycles. The fourth-order valence-electron chi connectivity index (χ4n) is 2.70. The van der Waals surface area contributed by atoms with Crippen LogP contribution in [-0.2, 0) is 0 Å². The van der Waals surface area contributed by atoms with E-state index in [0.29, 0.717) is 17.1 Å². The summed E-state index contributed by atoms with van der Waals surface area (Å²) in [6, 6.07) is 5.40. The summed E-state index contributed by atoms with van der Waals surface area (Å²) in [4.78, 5) is 22.2. The van der Waals surface area contributed by atoms with Crippen LogP contribution in [0, 0.1) is 3.57 Å². The molecule has 0 saturated heterocycles. The summed E-state index contributed by atoms with van der Waals surface area (Å²) in [5, 5.41) is 3.27. The summed E-state index contributed by atoms with van der Waals surface area (Å²) < 4.78 is 13.5. The highest BCUT2D eigenvalue weighted by Gasteiger charge is 2.35. The predicted octanol–water partition coefficient (Wildman–Crippen LogP) is 3.96. The number of carbonyl (C=O) groups is 1. The zero-order valence-corrected chi connectivity index (χ0v) is 15.1. The molecule has 1 aliphatic heterocycles. The molecule has 0 fully saturated rings. The fraction of sp³-hybridized carbons (Fsp3) is 0.267. The first-order chi connectivity index (χ1) is 11.0. The highest BCUT2D eigenvalue weighted by molar-refractivity contribution is 14.1. The molecule has 5 nitrogen and oxygen atoms in total. The van der Waals surface area contributed by atoms with Gasteiger partial charge in [0.05, 0.1) is 20.9 Å². The van der Waals surface area contributed by atoms with Crippen LogP contribution >= 0.6 is 34.2 Å². The van der Waals surface area contributed by atoms with Crippen molar-refractivity contribution in [2.45, 2.75) is 13.0 Å². The van der Waals surface area contributed by atoms with E-state index >= 15 is 0 Å². The van der Waals surface area contributed by atoms with E-state index in [-0.39, 0.29) is 23.8 Å². The monoisotopic (exact) mass is 446 g/mol. The zero-order valence-electron chi connectivity index (χ0n) is 12.2. The maximum Gasteiger partial charge on any atom is 0.256 e. The third-order valence-corrected chi connectivity index (χ3v) is 4.75. The van der Waals surface area contributed by atoms with E-state index in [4.69, 9.17) is 11.6 Å². The first-order valence-corrected chi connectivity index (χ1v) is 8.43. The van der Waals surface area contributed by atoms with E-state index < -0.39 is 6.67 Å². The second-order valence-electron chi connectivity index (χ2n) is 5.09. The van der Waals surface area contributed by atoms with Gasteiger partial charge in [-0.2, -0.15) is 4.98 Å². The first-order valence-electron chi connectivity index (χ1n) is 6.98. The number of anilines is 2. The van der Waals surface area contributed by atoms with Gasteiger partial charge in [-0.05, 0) is 52.7 Å². The first kappa shape index (κ1) is 16.4. The Labute approximate surface area is 151 Å². The Morgan fingerprint density at radius 2 is 2.26 bits per heavy atom. The van der Waals surface area contributed by atoms with Crippen LogP contribution < -0.4 is 5.32 Å². The van der Waals surface area contributed by atoms with E-state index in [0.717, 1.165) is 9.13 Å². The lowest BCUT2D eigenvalue weighted by Gasteiger charge is -2.20. The number of alkyl halides is 1. The van der Waals surface area contributed by atoms with Crippen molar-refractivity contribution in [3.8, 4) is 0 Å². The Kier molecular flexibility index (Phi) is 4.67. The van der Waals surface area contributed by atoms with Crippen LogP contribution in [0.3, 0.4) is 0 Å². The number of aromatic nitrogens is 2. The van der Waals surface area contributed by atoms with Crippen LogP contribution in [0.2, 0.25) is 5.28 Å². The van der Waals surface area contributed by atoms with E-state index in [1.54, 1.807) is 12.3 Å². The smallest absolute Gasteiger partial charge is 0.256 e. The van der Waals surface area contributed by atoms with Gasteiger partial charge >= 0.3 is 0 Å². The summed E-state index contributed by atoms with van der Waals surface area (Å²) in [6.07, 6.45) is 1.60. The molecule has 0 saturated carbocycles. The normalized spacial score (nSPS) is 16.6. The highest BCUT2D eigenvalue weighted by Crippen LogP contribution is 2.38. The SMILES string of the molecule is CC1c2cccc(Nc3nc(Cl)ncc3I)c2C(=O)N1CCF. The maximum atomic E-state index is 12.7. The largest absolute Gasteiger partial charge is 0.339 e. The standard InChI is InChI=1S/C15H13ClFIN4O/c1-8-9-3-2-4-11(12(9)14(23)22(8)6-5-17)20-13-10(18)7-19-15(16)21-13/h2-4,7-8H,5-6H2,1H3,(H,19,20,21). The molecule has 120 valence electrons. The molecule has 0 radical (unpaired) electrons. The molecular formula is C15H13ClFIN4O. The van der Waals surface area contributed by atoms with Gasteiger partial charge in [-0.1, -0.05) is 12.1 Å². The van der Waals surface area contributed by atoms with Gasteiger partial charge in [0, 0.05) is 12.7 Å². The Bertz CT molecular complexity index is 773. The molecule has 1 aromatic carbocycles. The van der Waals surface area contributed by atoms with Crippen molar-refractivity contribution in [2.24, 2.45) is 0 Å². The van der Waals surface area contributed by atoms with Gasteiger partial charge in [0.1, 0.15) is 12.5 Å². The van der Waals surface area contributed by atoms with Crippen LogP contribution in [0.5, 0.6) is 0 Å². The lowest BCUT2D eigenvalue weighted by atomic mass is 10.0. The molecule has 1 N–H and O–H groups in total. The summed E-state index contributed by atoms with van der Waals surface area (Å²) in [7, 11) is 0. The fourth-order valence-corrected chi connectivity index (χ4v) is 3.22. The van der Waals surface area contributed by atoms with Crippen molar-refractivity contribution in [1.82, 2.24) is 14.9 Å². The van der Waals surface area contributed by atoms with E-state index in [1.165, 1.54) is 4.90 Å². The van der Waals surface area contributed by atoms with Gasteiger partial charge in [-0.3, -0.25) is 4.79 Å². The topological polar surface area (TPSA) is 58.1 Å². The van der Waals surface area contributed by atoms with Gasteiger partial charge in [0.25, 0.3) is 5.91 Å². The van der Waals surface area contributed by atoms with Crippen molar-refractivity contribution >= 4 is 51.6 Å². The van der Waals surface area contributed by atoms with Crippen molar-refractivity contribution < 1.29 is 9.18 Å². The minimum Gasteiger partial charge on any atom is -0.339 e. The molecule has 1 unspecified atom stereocenters. The number of benzene rings is 1. The molecule has 23 heavy (non-hydrogen) atoms. The second-order valence-corrected chi connectivity index (χ2v) is 6.59. The molecule has 1 aromatic heterocycles. The van der Waals surface area contributed by atoms with Gasteiger partial charge in [0.15, 0.2) is 0 Å². The van der Waals surface area contributed by atoms with E-state index in [1.807, 2.05) is 19.1 Å². The highest BCUT2D eigenvalue weighted by atomic mass is 127. The number of rotatable bonds is 4. The number of nitrogens with zero attached hydrogens (tertiary/aromatic N) is 3. The van der Waals surface area contributed by atoms with Gasteiger partial charge < -0.3 is 10.2 Å². The number of nitrogens with one attached hydrogen (secondary N) is 1. The van der Waals surface area contributed by atoms with Crippen molar-refractivity contribution in [3.63, 3.8) is 0 Å². The predicted molar refractivity (Wildman–Crippen MR) is 94.9 cm³/mol. The van der Waals surface area contributed by atoms with Crippen molar-refractivity contribution in [3.05, 3.63) is 44.4 Å². The summed E-state index contributed by atoms with van der Waals surface area (Å²) >= 11 is 7.92. The molecule has 1 amide bonds. The number of fused-ring (bicyclic) bond motifs is 1. The average Bonchev–Trinajstić information content (AvgIpc) is 2.77. The lowest BCUT2D eigenvalue weighted by Crippen LogP contribution is -2.28. The molecule has 3 rings (SSSR count). The summed E-state index contributed by atoms with van der Waals surface area (Å²) in [6.45, 7) is 1.42. The Hall–Kier alpha value is -1.48. The molecular weight excluding hydrogens is 434 g/mol. The molecule has 1 aliphatic rings. The lowest BCUT2D eigenvalue weighted by molar-refractivity contribution is 0.0725. The van der Waals surface area contributed by atoms with E-state index in [2.05, 4.69) is 37.9 Å². The summed E-state index contributed by atoms with van der Waals surface area (Å²) in [5.74, 6) is 0.354. The molecule has 2 heterocycles. The maximum absolute atomic E-state index is 12.7.